The Morgan fingerprint density at radius 1 is 1.10 bits per heavy atom. The lowest BCUT2D eigenvalue weighted by Gasteiger charge is -2.08. The van der Waals surface area contributed by atoms with Crippen LogP contribution in [0.4, 0.5) is 4.39 Å². The van der Waals surface area contributed by atoms with Gasteiger partial charge in [0.25, 0.3) is 0 Å². The molecule has 1 N–H and O–H groups in total. The molecule has 0 unspecified atom stereocenters. The smallest absolute Gasteiger partial charge is 0.212 e. The van der Waals surface area contributed by atoms with E-state index in [4.69, 9.17) is 11.6 Å². The van der Waals surface area contributed by atoms with Crippen molar-refractivity contribution < 1.29 is 12.8 Å². The first-order valence-corrected chi connectivity index (χ1v) is 7.94. The maximum atomic E-state index is 13.5. The first-order valence-electron chi connectivity index (χ1n) is 5.91. The van der Waals surface area contributed by atoms with Crippen molar-refractivity contribution in [3.05, 3.63) is 70.5 Å². The third kappa shape index (κ3) is 4.30. The molecule has 20 heavy (non-hydrogen) atoms. The van der Waals surface area contributed by atoms with Gasteiger partial charge in [0.15, 0.2) is 0 Å². The molecule has 106 valence electrons. The van der Waals surface area contributed by atoms with E-state index in [1.165, 1.54) is 18.2 Å². The minimum absolute atomic E-state index is 0.123. The summed E-state index contributed by atoms with van der Waals surface area (Å²) in [5.41, 5.74) is 0.890. The maximum absolute atomic E-state index is 13.5. The van der Waals surface area contributed by atoms with Crippen molar-refractivity contribution in [3.8, 4) is 0 Å². The van der Waals surface area contributed by atoms with Gasteiger partial charge in [-0.25, -0.2) is 17.5 Å². The number of halogens is 2. The molecule has 0 aliphatic carbocycles. The fraction of sp³-hybridized carbons (Fsp3) is 0.143. The van der Waals surface area contributed by atoms with Gasteiger partial charge in [-0.1, -0.05) is 41.9 Å². The molecular formula is C14H13ClFNO2S. The molecule has 0 fully saturated rings. The van der Waals surface area contributed by atoms with Gasteiger partial charge in [-0.2, -0.15) is 0 Å². The zero-order chi connectivity index (χ0) is 14.6. The van der Waals surface area contributed by atoms with Gasteiger partial charge in [0, 0.05) is 17.1 Å². The minimum Gasteiger partial charge on any atom is -0.212 e. The quantitative estimate of drug-likeness (QED) is 0.922. The number of sulfonamides is 1. The topological polar surface area (TPSA) is 46.2 Å². The monoisotopic (exact) mass is 313 g/mol. The highest BCUT2D eigenvalue weighted by Gasteiger charge is 2.12. The van der Waals surface area contributed by atoms with E-state index in [-0.39, 0.29) is 17.9 Å². The summed E-state index contributed by atoms with van der Waals surface area (Å²) < 4.78 is 39.6. The Bertz CT molecular complexity index is 690. The van der Waals surface area contributed by atoms with Crippen molar-refractivity contribution >= 4 is 21.6 Å². The lowest BCUT2D eigenvalue weighted by Crippen LogP contribution is -2.25. The van der Waals surface area contributed by atoms with E-state index in [1.54, 1.807) is 24.3 Å². The van der Waals surface area contributed by atoms with Crippen molar-refractivity contribution in [2.24, 2.45) is 0 Å². The molecular weight excluding hydrogens is 301 g/mol. The van der Waals surface area contributed by atoms with Gasteiger partial charge in [-0.3, -0.25) is 0 Å². The van der Waals surface area contributed by atoms with E-state index in [0.717, 1.165) is 0 Å². The first-order chi connectivity index (χ1) is 9.46. The molecule has 0 bridgehead atoms. The molecule has 2 aromatic rings. The van der Waals surface area contributed by atoms with Crippen LogP contribution in [-0.2, 0) is 22.3 Å². The highest BCUT2D eigenvalue weighted by atomic mass is 35.5. The Morgan fingerprint density at radius 3 is 2.50 bits per heavy atom. The van der Waals surface area contributed by atoms with Crippen LogP contribution in [0.5, 0.6) is 0 Å². The van der Waals surface area contributed by atoms with Crippen LogP contribution in [-0.4, -0.2) is 8.42 Å². The lowest BCUT2D eigenvalue weighted by molar-refractivity contribution is 0.573. The summed E-state index contributed by atoms with van der Waals surface area (Å²) in [5.74, 6) is -0.632. The zero-order valence-electron chi connectivity index (χ0n) is 10.5. The van der Waals surface area contributed by atoms with Crippen molar-refractivity contribution in [3.63, 3.8) is 0 Å². The molecule has 2 rings (SSSR count). The highest BCUT2D eigenvalue weighted by Crippen LogP contribution is 2.15. The molecule has 0 aliphatic rings. The number of hydrogen-bond donors (Lipinski definition) is 1. The van der Waals surface area contributed by atoms with Gasteiger partial charge >= 0.3 is 0 Å². The molecule has 0 radical (unpaired) electrons. The van der Waals surface area contributed by atoms with E-state index in [0.29, 0.717) is 10.6 Å². The second-order valence-corrected chi connectivity index (χ2v) is 6.54. The molecule has 0 heterocycles. The Morgan fingerprint density at radius 2 is 1.80 bits per heavy atom. The number of nitrogens with one attached hydrogen (secondary N) is 1. The first kappa shape index (κ1) is 15.0. The largest absolute Gasteiger partial charge is 0.216 e. The average Bonchev–Trinajstić information content (AvgIpc) is 2.40. The van der Waals surface area contributed by atoms with E-state index >= 15 is 0 Å². The van der Waals surface area contributed by atoms with Crippen molar-refractivity contribution in [1.82, 2.24) is 4.72 Å². The second-order valence-electron chi connectivity index (χ2n) is 4.30. The molecule has 6 heteroatoms. The van der Waals surface area contributed by atoms with Crippen LogP contribution in [0.25, 0.3) is 0 Å². The Labute approximate surface area is 122 Å². The standard InChI is InChI=1S/C14H13ClFNO2S/c15-13-6-7-14(16)12(8-13)9-17-20(18,19)10-11-4-2-1-3-5-11/h1-8,17H,9-10H2. The number of rotatable bonds is 5. The third-order valence-electron chi connectivity index (χ3n) is 2.69. The molecule has 0 amide bonds. The van der Waals surface area contributed by atoms with Gasteiger partial charge in [0.1, 0.15) is 5.82 Å². The summed E-state index contributed by atoms with van der Waals surface area (Å²) in [6, 6.07) is 12.8. The number of hydrogen-bond acceptors (Lipinski definition) is 2. The van der Waals surface area contributed by atoms with Gasteiger partial charge in [0.05, 0.1) is 5.75 Å². The normalized spacial score (nSPS) is 11.5. The average molecular weight is 314 g/mol. The van der Waals surface area contributed by atoms with E-state index in [2.05, 4.69) is 4.72 Å². The summed E-state index contributed by atoms with van der Waals surface area (Å²) in [5, 5.41) is 0.364. The lowest BCUT2D eigenvalue weighted by atomic mass is 10.2. The van der Waals surface area contributed by atoms with E-state index < -0.39 is 15.8 Å². The summed E-state index contributed by atoms with van der Waals surface area (Å²) in [6.45, 7) is -0.123. The molecule has 0 aliphatic heterocycles. The van der Waals surface area contributed by atoms with Crippen molar-refractivity contribution in [2.45, 2.75) is 12.3 Å². The molecule has 0 saturated carbocycles. The SMILES string of the molecule is O=S(=O)(Cc1ccccc1)NCc1cc(Cl)ccc1F. The van der Waals surface area contributed by atoms with Crippen LogP contribution in [0.3, 0.4) is 0 Å². The summed E-state index contributed by atoms with van der Waals surface area (Å²) >= 11 is 5.75. The molecule has 3 nitrogen and oxygen atoms in total. The molecule has 0 atom stereocenters. The van der Waals surface area contributed by atoms with Crippen LogP contribution in [0.2, 0.25) is 5.02 Å². The molecule has 0 spiro atoms. The predicted octanol–water partition coefficient (Wildman–Crippen LogP) is 3.10. The van der Waals surface area contributed by atoms with Gasteiger partial charge in [-0.15, -0.1) is 0 Å². The van der Waals surface area contributed by atoms with Crippen LogP contribution in [0, 0.1) is 5.82 Å². The molecule has 0 aromatic heterocycles. The predicted molar refractivity (Wildman–Crippen MR) is 77.3 cm³/mol. The number of benzene rings is 2. The third-order valence-corrected chi connectivity index (χ3v) is 4.22. The van der Waals surface area contributed by atoms with E-state index in [9.17, 15) is 12.8 Å². The van der Waals surface area contributed by atoms with Gasteiger partial charge < -0.3 is 0 Å². The van der Waals surface area contributed by atoms with Crippen LogP contribution >= 0.6 is 11.6 Å². The van der Waals surface area contributed by atoms with Crippen LogP contribution in [0.15, 0.2) is 48.5 Å². The van der Waals surface area contributed by atoms with Crippen LogP contribution in [0.1, 0.15) is 11.1 Å². The van der Waals surface area contributed by atoms with Crippen molar-refractivity contribution in [2.75, 3.05) is 0 Å². The molecule has 2 aromatic carbocycles. The maximum Gasteiger partial charge on any atom is 0.216 e. The van der Waals surface area contributed by atoms with Crippen LogP contribution < -0.4 is 4.72 Å². The summed E-state index contributed by atoms with van der Waals surface area (Å²) in [6.07, 6.45) is 0. The fourth-order valence-corrected chi connectivity index (χ4v) is 3.01. The van der Waals surface area contributed by atoms with Gasteiger partial charge in [0.2, 0.25) is 10.0 Å². The fourth-order valence-electron chi connectivity index (χ4n) is 1.71. The highest BCUT2D eigenvalue weighted by molar-refractivity contribution is 7.88. The summed E-state index contributed by atoms with van der Waals surface area (Å²) in [4.78, 5) is 0. The Kier molecular flexibility index (Phi) is 4.75. The van der Waals surface area contributed by atoms with Gasteiger partial charge in [-0.05, 0) is 23.8 Å². The zero-order valence-corrected chi connectivity index (χ0v) is 12.1. The Balaban J connectivity index is 2.04. The molecule has 0 saturated heterocycles. The summed E-state index contributed by atoms with van der Waals surface area (Å²) in [7, 11) is -3.52. The second kappa shape index (κ2) is 6.35. The van der Waals surface area contributed by atoms with E-state index in [1.807, 2.05) is 6.07 Å². The van der Waals surface area contributed by atoms with Crippen molar-refractivity contribution in [1.29, 1.82) is 0 Å². The minimum atomic E-state index is -3.52. The Hall–Kier alpha value is -1.43.